The Kier molecular flexibility index (Phi) is 6.96. The Morgan fingerprint density at radius 3 is 2.45 bits per heavy atom. The third-order valence-corrected chi connectivity index (χ3v) is 4.55. The molecule has 2 unspecified atom stereocenters. The Hall–Kier alpha value is -0.610. The molecule has 2 atom stereocenters. The van der Waals surface area contributed by atoms with Crippen molar-refractivity contribution in [2.75, 3.05) is 33.3 Å². The Bertz CT molecular complexity index is 305. The second kappa shape index (κ2) is 7.99. The molecule has 118 valence electrons. The summed E-state index contributed by atoms with van der Waals surface area (Å²) < 4.78 is 5.35. The number of rotatable bonds is 10. The molecule has 1 aliphatic rings. The molecule has 20 heavy (non-hydrogen) atoms. The molecule has 0 aromatic rings. The lowest BCUT2D eigenvalue weighted by atomic mass is 9.92. The van der Waals surface area contributed by atoms with Crippen molar-refractivity contribution in [2.45, 2.75) is 52.5 Å². The molecule has 0 amide bonds. The predicted octanol–water partition coefficient (Wildman–Crippen LogP) is 2.29. The summed E-state index contributed by atoms with van der Waals surface area (Å²) in [5.74, 6) is 1.01. The number of hydrogen-bond donors (Lipinski definition) is 1. The summed E-state index contributed by atoms with van der Waals surface area (Å²) in [6.07, 6.45) is 3.42. The molecule has 0 bridgehead atoms. The molecule has 0 aromatic heterocycles. The van der Waals surface area contributed by atoms with Crippen molar-refractivity contribution < 1.29 is 9.53 Å². The van der Waals surface area contributed by atoms with E-state index in [1.165, 1.54) is 6.42 Å². The van der Waals surface area contributed by atoms with Gasteiger partial charge in [-0.15, -0.1) is 0 Å². The van der Waals surface area contributed by atoms with Gasteiger partial charge in [0.15, 0.2) is 0 Å². The molecule has 1 N–H and O–H groups in total. The van der Waals surface area contributed by atoms with Crippen molar-refractivity contribution in [1.82, 2.24) is 10.2 Å². The topological polar surface area (TPSA) is 41.6 Å². The molecule has 0 spiro atoms. The third kappa shape index (κ3) is 4.19. The van der Waals surface area contributed by atoms with E-state index in [9.17, 15) is 4.79 Å². The lowest BCUT2D eigenvalue weighted by Gasteiger charge is -2.37. The van der Waals surface area contributed by atoms with Crippen LogP contribution >= 0.6 is 0 Å². The Balaban J connectivity index is 2.79. The zero-order valence-corrected chi connectivity index (χ0v) is 13.9. The van der Waals surface area contributed by atoms with E-state index in [0.29, 0.717) is 18.4 Å². The predicted molar refractivity (Wildman–Crippen MR) is 82.7 cm³/mol. The summed E-state index contributed by atoms with van der Waals surface area (Å²) in [4.78, 5) is 14.9. The van der Waals surface area contributed by atoms with Gasteiger partial charge in [-0.1, -0.05) is 27.2 Å². The van der Waals surface area contributed by atoms with Crippen LogP contribution in [0.15, 0.2) is 0 Å². The molecule has 0 saturated heterocycles. The fraction of sp³-hybridized carbons (Fsp3) is 0.938. The molecule has 1 fully saturated rings. The fourth-order valence-electron chi connectivity index (χ4n) is 2.81. The number of hydrogen-bond acceptors (Lipinski definition) is 4. The highest BCUT2D eigenvalue weighted by molar-refractivity contribution is 5.82. The van der Waals surface area contributed by atoms with Gasteiger partial charge in [0, 0.05) is 13.1 Å². The molecule has 0 radical (unpaired) electrons. The number of likely N-dealkylation sites (N-methyl/N-ethyl adjacent to an activating group) is 2. The van der Waals surface area contributed by atoms with Crippen LogP contribution in [0.25, 0.3) is 0 Å². The SMILES string of the molecule is CCOC(=O)C(CN(CC)CC(C)CC)(NC)C1CC1. The summed E-state index contributed by atoms with van der Waals surface area (Å²) in [7, 11) is 1.90. The van der Waals surface area contributed by atoms with Crippen LogP contribution in [-0.2, 0) is 9.53 Å². The van der Waals surface area contributed by atoms with E-state index in [1.54, 1.807) is 0 Å². The summed E-state index contributed by atoms with van der Waals surface area (Å²) in [5, 5.41) is 3.30. The number of carbonyl (C=O) groups is 1. The van der Waals surface area contributed by atoms with Gasteiger partial charge in [-0.3, -0.25) is 0 Å². The smallest absolute Gasteiger partial charge is 0.327 e. The van der Waals surface area contributed by atoms with Gasteiger partial charge in [0.05, 0.1) is 6.61 Å². The van der Waals surface area contributed by atoms with Crippen LogP contribution in [0.2, 0.25) is 0 Å². The first-order chi connectivity index (χ1) is 9.53. The minimum absolute atomic E-state index is 0.0763. The lowest BCUT2D eigenvalue weighted by molar-refractivity contribution is -0.153. The molecule has 1 saturated carbocycles. The number of nitrogens with zero attached hydrogens (tertiary/aromatic N) is 1. The Morgan fingerprint density at radius 2 is 2.05 bits per heavy atom. The second-order valence-electron chi connectivity index (χ2n) is 6.06. The van der Waals surface area contributed by atoms with Crippen molar-refractivity contribution in [3.63, 3.8) is 0 Å². The van der Waals surface area contributed by atoms with Gasteiger partial charge < -0.3 is 15.0 Å². The maximum Gasteiger partial charge on any atom is 0.327 e. The minimum atomic E-state index is -0.514. The number of nitrogens with one attached hydrogen (secondary N) is 1. The van der Waals surface area contributed by atoms with Crippen molar-refractivity contribution in [3.8, 4) is 0 Å². The first-order valence-corrected chi connectivity index (χ1v) is 8.12. The maximum absolute atomic E-state index is 12.5. The molecule has 0 aromatic carbocycles. The lowest BCUT2D eigenvalue weighted by Crippen LogP contribution is -2.60. The summed E-state index contributed by atoms with van der Waals surface area (Å²) >= 11 is 0. The molecule has 4 heteroatoms. The van der Waals surface area contributed by atoms with E-state index in [4.69, 9.17) is 4.74 Å². The van der Waals surface area contributed by atoms with E-state index in [1.807, 2.05) is 14.0 Å². The summed E-state index contributed by atoms with van der Waals surface area (Å²) in [6.45, 7) is 11.8. The first-order valence-electron chi connectivity index (χ1n) is 8.12. The van der Waals surface area contributed by atoms with Gasteiger partial charge in [0.25, 0.3) is 0 Å². The van der Waals surface area contributed by atoms with Crippen molar-refractivity contribution in [1.29, 1.82) is 0 Å². The molecule has 1 rings (SSSR count). The van der Waals surface area contributed by atoms with Crippen LogP contribution in [0.4, 0.5) is 0 Å². The zero-order valence-electron chi connectivity index (χ0n) is 13.9. The average Bonchev–Trinajstić information content (AvgIpc) is 3.28. The van der Waals surface area contributed by atoms with Gasteiger partial charge in [-0.25, -0.2) is 4.79 Å². The quantitative estimate of drug-likeness (QED) is 0.625. The molecular weight excluding hydrogens is 252 g/mol. The van der Waals surface area contributed by atoms with Crippen molar-refractivity contribution in [3.05, 3.63) is 0 Å². The monoisotopic (exact) mass is 284 g/mol. The normalized spacial score (nSPS) is 19.7. The molecular formula is C16H32N2O2. The highest BCUT2D eigenvalue weighted by Crippen LogP contribution is 2.41. The highest BCUT2D eigenvalue weighted by Gasteiger charge is 2.51. The highest BCUT2D eigenvalue weighted by atomic mass is 16.5. The van der Waals surface area contributed by atoms with Crippen LogP contribution in [0.5, 0.6) is 0 Å². The summed E-state index contributed by atoms with van der Waals surface area (Å²) in [6, 6.07) is 0. The number of esters is 1. The van der Waals surface area contributed by atoms with Crippen LogP contribution in [-0.4, -0.2) is 49.7 Å². The first kappa shape index (κ1) is 17.4. The van der Waals surface area contributed by atoms with Gasteiger partial charge in [0.1, 0.15) is 5.54 Å². The van der Waals surface area contributed by atoms with Gasteiger partial charge >= 0.3 is 5.97 Å². The molecule has 4 nitrogen and oxygen atoms in total. The number of carbonyl (C=O) groups excluding carboxylic acids is 1. The van der Waals surface area contributed by atoms with Gasteiger partial charge in [-0.2, -0.15) is 0 Å². The molecule has 0 aliphatic heterocycles. The largest absolute Gasteiger partial charge is 0.465 e. The molecule has 1 aliphatic carbocycles. The Labute approximate surface area is 124 Å². The van der Waals surface area contributed by atoms with Gasteiger partial charge in [0.2, 0.25) is 0 Å². The van der Waals surface area contributed by atoms with Crippen LogP contribution in [0, 0.1) is 11.8 Å². The number of ether oxygens (including phenoxy) is 1. The summed E-state index contributed by atoms with van der Waals surface area (Å²) in [5.41, 5.74) is -0.514. The van der Waals surface area contributed by atoms with Crippen molar-refractivity contribution in [2.24, 2.45) is 11.8 Å². The van der Waals surface area contributed by atoms with Gasteiger partial charge in [-0.05, 0) is 45.2 Å². The second-order valence-corrected chi connectivity index (χ2v) is 6.06. The van der Waals surface area contributed by atoms with Crippen LogP contribution < -0.4 is 5.32 Å². The standard InChI is InChI=1S/C16H32N2O2/c1-6-13(4)11-18(7-2)12-16(17-5,14-9-10-14)15(19)20-8-3/h13-14,17H,6-12H2,1-5H3. The molecule has 0 heterocycles. The maximum atomic E-state index is 12.5. The Morgan fingerprint density at radius 1 is 1.40 bits per heavy atom. The van der Waals surface area contributed by atoms with E-state index in [2.05, 4.69) is 31.0 Å². The van der Waals surface area contributed by atoms with E-state index < -0.39 is 5.54 Å². The van der Waals surface area contributed by atoms with E-state index in [0.717, 1.165) is 32.5 Å². The van der Waals surface area contributed by atoms with Crippen LogP contribution in [0.3, 0.4) is 0 Å². The van der Waals surface area contributed by atoms with E-state index >= 15 is 0 Å². The average molecular weight is 284 g/mol. The third-order valence-electron chi connectivity index (χ3n) is 4.55. The zero-order chi connectivity index (χ0) is 15.2. The minimum Gasteiger partial charge on any atom is -0.465 e. The fourth-order valence-corrected chi connectivity index (χ4v) is 2.81. The van der Waals surface area contributed by atoms with Crippen LogP contribution in [0.1, 0.15) is 47.0 Å². The van der Waals surface area contributed by atoms with Crippen molar-refractivity contribution >= 4 is 5.97 Å². The van der Waals surface area contributed by atoms with E-state index in [-0.39, 0.29) is 5.97 Å².